The molecule has 0 bridgehead atoms. The molecule has 0 aliphatic carbocycles. The summed E-state index contributed by atoms with van der Waals surface area (Å²) < 4.78 is 6.73. The van der Waals surface area contributed by atoms with Crippen LogP contribution in [0.5, 0.6) is 5.88 Å². The zero-order valence-electron chi connectivity index (χ0n) is 13.3. The molecule has 1 aromatic carbocycles. The Bertz CT molecular complexity index is 934. The summed E-state index contributed by atoms with van der Waals surface area (Å²) >= 11 is 3.43. The van der Waals surface area contributed by atoms with E-state index in [2.05, 4.69) is 30.9 Å². The lowest BCUT2D eigenvalue weighted by molar-refractivity contribution is 0.0771. The van der Waals surface area contributed by atoms with Gasteiger partial charge in [0.05, 0.1) is 22.1 Å². The molecule has 1 amide bonds. The third kappa shape index (κ3) is 3.32. The number of halogens is 1. The van der Waals surface area contributed by atoms with Crippen LogP contribution in [0.4, 0.5) is 0 Å². The molecule has 1 fully saturated rings. The summed E-state index contributed by atoms with van der Waals surface area (Å²) in [6, 6.07) is 9.13. The second kappa shape index (κ2) is 6.76. The topological polar surface area (TPSA) is 68.2 Å². The molecule has 4 rings (SSSR count). The van der Waals surface area contributed by atoms with E-state index in [1.165, 1.54) is 0 Å². The van der Waals surface area contributed by atoms with Crippen molar-refractivity contribution in [2.24, 2.45) is 0 Å². The predicted octanol–water partition coefficient (Wildman–Crippen LogP) is 3.08. The van der Waals surface area contributed by atoms with E-state index in [0.29, 0.717) is 24.5 Å². The normalized spacial score (nSPS) is 17.0. The Morgan fingerprint density at radius 1 is 1.12 bits per heavy atom. The van der Waals surface area contributed by atoms with Crippen LogP contribution in [0.15, 0.2) is 53.4 Å². The molecule has 1 aliphatic heterocycles. The van der Waals surface area contributed by atoms with Gasteiger partial charge < -0.3 is 9.64 Å². The van der Waals surface area contributed by atoms with E-state index in [4.69, 9.17) is 4.74 Å². The molecule has 126 valence electrons. The molecule has 0 spiro atoms. The zero-order chi connectivity index (χ0) is 17.2. The van der Waals surface area contributed by atoms with Crippen molar-refractivity contribution in [3.05, 3.63) is 59.0 Å². The van der Waals surface area contributed by atoms with Gasteiger partial charge in [-0.3, -0.25) is 14.8 Å². The number of amides is 1. The highest BCUT2D eigenvalue weighted by atomic mass is 79.9. The number of hydrogen-bond donors (Lipinski definition) is 0. The van der Waals surface area contributed by atoms with Crippen molar-refractivity contribution in [2.45, 2.75) is 12.5 Å². The molecule has 25 heavy (non-hydrogen) atoms. The van der Waals surface area contributed by atoms with Crippen LogP contribution < -0.4 is 4.74 Å². The van der Waals surface area contributed by atoms with Gasteiger partial charge in [0.2, 0.25) is 5.88 Å². The van der Waals surface area contributed by atoms with Crippen molar-refractivity contribution in [3.63, 3.8) is 0 Å². The molecular formula is C18H15BrN4O2. The average Bonchev–Trinajstić information content (AvgIpc) is 3.11. The predicted molar refractivity (Wildman–Crippen MR) is 96.4 cm³/mol. The summed E-state index contributed by atoms with van der Waals surface area (Å²) in [7, 11) is 0. The van der Waals surface area contributed by atoms with Gasteiger partial charge in [0, 0.05) is 37.1 Å². The van der Waals surface area contributed by atoms with E-state index in [1.54, 1.807) is 35.6 Å². The number of aromatic nitrogens is 3. The molecule has 3 aromatic rings. The Balaban J connectivity index is 1.47. The van der Waals surface area contributed by atoms with E-state index < -0.39 is 0 Å². The minimum atomic E-state index is -0.0598. The third-order valence-electron chi connectivity index (χ3n) is 4.15. The van der Waals surface area contributed by atoms with E-state index in [0.717, 1.165) is 21.9 Å². The van der Waals surface area contributed by atoms with Crippen molar-refractivity contribution >= 4 is 32.9 Å². The minimum Gasteiger partial charge on any atom is -0.472 e. The van der Waals surface area contributed by atoms with Crippen LogP contribution in [-0.2, 0) is 0 Å². The molecule has 7 heteroatoms. The molecule has 1 unspecified atom stereocenters. The van der Waals surface area contributed by atoms with E-state index >= 15 is 0 Å². The Morgan fingerprint density at radius 3 is 2.80 bits per heavy atom. The maximum absolute atomic E-state index is 12.8. The number of rotatable bonds is 3. The number of ether oxygens (including phenoxy) is 1. The quantitative estimate of drug-likeness (QED) is 0.677. The van der Waals surface area contributed by atoms with Crippen molar-refractivity contribution in [3.8, 4) is 5.88 Å². The number of hydrogen-bond acceptors (Lipinski definition) is 5. The number of carbonyl (C=O) groups excluding carboxylic acids is 1. The second-order valence-corrected chi connectivity index (χ2v) is 6.68. The van der Waals surface area contributed by atoms with Crippen molar-refractivity contribution < 1.29 is 9.53 Å². The van der Waals surface area contributed by atoms with Crippen LogP contribution in [0.25, 0.3) is 11.0 Å². The fraction of sp³-hybridized carbons (Fsp3) is 0.222. The molecule has 1 aliphatic rings. The van der Waals surface area contributed by atoms with Crippen LogP contribution in [0.3, 0.4) is 0 Å². The Labute approximate surface area is 153 Å². The summed E-state index contributed by atoms with van der Waals surface area (Å²) in [6.45, 7) is 1.20. The van der Waals surface area contributed by atoms with Crippen LogP contribution in [0.1, 0.15) is 16.8 Å². The van der Waals surface area contributed by atoms with Gasteiger partial charge in [-0.15, -0.1) is 0 Å². The lowest BCUT2D eigenvalue weighted by Crippen LogP contribution is -2.31. The van der Waals surface area contributed by atoms with Gasteiger partial charge in [-0.05, 0) is 46.3 Å². The van der Waals surface area contributed by atoms with E-state index in [9.17, 15) is 4.79 Å². The molecule has 1 saturated heterocycles. The Kier molecular flexibility index (Phi) is 4.31. The lowest BCUT2D eigenvalue weighted by atomic mass is 10.1. The fourth-order valence-electron chi connectivity index (χ4n) is 2.90. The van der Waals surface area contributed by atoms with Gasteiger partial charge in [-0.1, -0.05) is 0 Å². The minimum absolute atomic E-state index is 0.0151. The number of fused-ring (bicyclic) bond motifs is 1. The highest BCUT2D eigenvalue weighted by Crippen LogP contribution is 2.25. The van der Waals surface area contributed by atoms with E-state index in [-0.39, 0.29) is 12.0 Å². The molecule has 3 heterocycles. The monoisotopic (exact) mass is 398 g/mol. The number of nitrogens with zero attached hydrogens (tertiary/aromatic N) is 4. The summed E-state index contributed by atoms with van der Waals surface area (Å²) in [5.41, 5.74) is 2.12. The molecule has 0 radical (unpaired) electrons. The van der Waals surface area contributed by atoms with E-state index in [1.807, 2.05) is 18.2 Å². The molecule has 6 nitrogen and oxygen atoms in total. The Morgan fingerprint density at radius 2 is 1.96 bits per heavy atom. The standard InChI is InChI=1S/C18H15BrN4O2/c19-14-2-1-6-22-17(14)25-13-5-9-23(11-13)18(24)12-3-4-15-16(10-12)21-8-7-20-15/h1-4,6-8,10,13H,5,9,11H2. The smallest absolute Gasteiger partial charge is 0.254 e. The average molecular weight is 399 g/mol. The van der Waals surface area contributed by atoms with Gasteiger partial charge in [-0.2, -0.15) is 0 Å². The molecule has 0 N–H and O–H groups in total. The first-order chi connectivity index (χ1) is 12.2. The summed E-state index contributed by atoms with van der Waals surface area (Å²) in [5.74, 6) is 0.543. The van der Waals surface area contributed by atoms with Gasteiger partial charge in [0.15, 0.2) is 0 Å². The van der Waals surface area contributed by atoms with Gasteiger partial charge in [-0.25, -0.2) is 4.98 Å². The summed E-state index contributed by atoms with van der Waals surface area (Å²) in [6.07, 6.45) is 5.68. The summed E-state index contributed by atoms with van der Waals surface area (Å²) in [5, 5.41) is 0. The third-order valence-corrected chi connectivity index (χ3v) is 4.76. The SMILES string of the molecule is O=C(c1ccc2nccnc2c1)N1CCC(Oc2ncccc2Br)C1. The van der Waals surface area contributed by atoms with Gasteiger partial charge in [0.1, 0.15) is 6.10 Å². The van der Waals surface area contributed by atoms with Gasteiger partial charge >= 0.3 is 0 Å². The highest BCUT2D eigenvalue weighted by Gasteiger charge is 2.29. The number of likely N-dealkylation sites (tertiary alicyclic amines) is 1. The van der Waals surface area contributed by atoms with Gasteiger partial charge in [0.25, 0.3) is 5.91 Å². The molecule has 0 saturated carbocycles. The molecule has 2 aromatic heterocycles. The fourth-order valence-corrected chi connectivity index (χ4v) is 3.25. The maximum Gasteiger partial charge on any atom is 0.254 e. The molecular weight excluding hydrogens is 384 g/mol. The van der Waals surface area contributed by atoms with Crippen LogP contribution in [-0.4, -0.2) is 45.0 Å². The second-order valence-electron chi connectivity index (χ2n) is 5.83. The number of carbonyl (C=O) groups is 1. The highest BCUT2D eigenvalue weighted by molar-refractivity contribution is 9.10. The van der Waals surface area contributed by atoms with Crippen LogP contribution in [0.2, 0.25) is 0 Å². The zero-order valence-corrected chi connectivity index (χ0v) is 14.9. The van der Waals surface area contributed by atoms with Crippen molar-refractivity contribution in [1.29, 1.82) is 0 Å². The Hall–Kier alpha value is -2.54. The largest absolute Gasteiger partial charge is 0.472 e. The first-order valence-corrected chi connectivity index (χ1v) is 8.77. The van der Waals surface area contributed by atoms with Crippen molar-refractivity contribution in [1.82, 2.24) is 19.9 Å². The number of pyridine rings is 1. The van der Waals surface area contributed by atoms with Crippen LogP contribution >= 0.6 is 15.9 Å². The molecule has 1 atom stereocenters. The first kappa shape index (κ1) is 16.0. The lowest BCUT2D eigenvalue weighted by Gasteiger charge is -2.17. The first-order valence-electron chi connectivity index (χ1n) is 7.98. The summed E-state index contributed by atoms with van der Waals surface area (Å²) in [4.78, 5) is 27.3. The van der Waals surface area contributed by atoms with Crippen molar-refractivity contribution in [2.75, 3.05) is 13.1 Å². The van der Waals surface area contributed by atoms with Crippen LogP contribution in [0, 0.1) is 0 Å². The maximum atomic E-state index is 12.8. The number of benzene rings is 1.